The quantitative estimate of drug-likeness (QED) is 0.811. The Morgan fingerprint density at radius 1 is 1.16 bits per heavy atom. The van der Waals surface area contributed by atoms with Crippen molar-refractivity contribution < 1.29 is 13.2 Å². The van der Waals surface area contributed by atoms with Crippen LogP contribution in [0.2, 0.25) is 0 Å². The molecule has 0 saturated carbocycles. The number of para-hydroxylation sites is 1. The number of H-pyrrole nitrogens is 1. The molecule has 2 aromatic rings. The normalized spacial score (nSPS) is 20.9. The van der Waals surface area contributed by atoms with Crippen LogP contribution in [-0.4, -0.2) is 18.1 Å². The number of aromatic amines is 1. The number of halogens is 3. The van der Waals surface area contributed by atoms with Crippen molar-refractivity contribution in [1.29, 1.82) is 0 Å². The Hall–Kier alpha value is -1.49. The van der Waals surface area contributed by atoms with Crippen molar-refractivity contribution in [2.75, 3.05) is 13.1 Å². The third kappa shape index (κ3) is 2.23. The van der Waals surface area contributed by atoms with E-state index in [9.17, 15) is 13.2 Å². The van der Waals surface area contributed by atoms with E-state index in [0.29, 0.717) is 23.0 Å². The highest BCUT2D eigenvalue weighted by Crippen LogP contribution is 2.40. The third-order valence-corrected chi connectivity index (χ3v) is 3.73. The molecule has 2 N–H and O–H groups in total. The van der Waals surface area contributed by atoms with Crippen LogP contribution in [0.1, 0.15) is 30.0 Å². The number of fused-ring (bicyclic) bond motifs is 1. The first-order valence-electron chi connectivity index (χ1n) is 6.46. The van der Waals surface area contributed by atoms with Gasteiger partial charge in [-0.2, -0.15) is 13.2 Å². The minimum Gasteiger partial charge on any atom is -0.351 e. The molecular weight excluding hydrogens is 253 g/mol. The molecule has 1 aromatic carbocycles. The minimum absolute atomic E-state index is 0.0680. The molecule has 102 valence electrons. The Balaban J connectivity index is 2.18. The van der Waals surface area contributed by atoms with Crippen molar-refractivity contribution in [2.45, 2.75) is 24.9 Å². The predicted molar refractivity (Wildman–Crippen MR) is 68.1 cm³/mol. The molecule has 1 fully saturated rings. The van der Waals surface area contributed by atoms with Crippen molar-refractivity contribution >= 4 is 10.9 Å². The van der Waals surface area contributed by atoms with Crippen LogP contribution >= 0.6 is 0 Å². The standard InChI is InChI=1S/C14H15F3N2/c15-14(16,17)13-12(9-4-3-7-18-8-9)10-5-1-2-6-11(10)19-13/h1-2,5-6,9,18-19H,3-4,7-8H2. The highest BCUT2D eigenvalue weighted by molar-refractivity contribution is 5.85. The summed E-state index contributed by atoms with van der Waals surface area (Å²) >= 11 is 0. The molecule has 0 aliphatic carbocycles. The van der Waals surface area contributed by atoms with Crippen LogP contribution in [0.15, 0.2) is 24.3 Å². The zero-order valence-electron chi connectivity index (χ0n) is 10.3. The van der Waals surface area contributed by atoms with E-state index < -0.39 is 11.9 Å². The lowest BCUT2D eigenvalue weighted by Crippen LogP contribution is -2.29. The van der Waals surface area contributed by atoms with Crippen molar-refractivity contribution in [3.8, 4) is 0 Å². The summed E-state index contributed by atoms with van der Waals surface area (Å²) in [5, 5.41) is 3.88. The van der Waals surface area contributed by atoms with Gasteiger partial charge >= 0.3 is 6.18 Å². The average Bonchev–Trinajstić information content (AvgIpc) is 2.79. The van der Waals surface area contributed by atoms with Gasteiger partial charge in [0.2, 0.25) is 0 Å². The van der Waals surface area contributed by atoms with Crippen LogP contribution in [0.4, 0.5) is 13.2 Å². The largest absolute Gasteiger partial charge is 0.431 e. The maximum atomic E-state index is 13.2. The summed E-state index contributed by atoms with van der Waals surface area (Å²) in [5.41, 5.74) is 0.410. The first kappa shape index (κ1) is 12.5. The van der Waals surface area contributed by atoms with Gasteiger partial charge in [-0.25, -0.2) is 0 Å². The first-order chi connectivity index (χ1) is 9.07. The Kier molecular flexibility index (Phi) is 3.01. The summed E-state index contributed by atoms with van der Waals surface area (Å²) in [6.45, 7) is 1.51. The Morgan fingerprint density at radius 2 is 1.95 bits per heavy atom. The van der Waals surface area contributed by atoms with Crippen LogP contribution < -0.4 is 5.32 Å². The molecule has 3 rings (SSSR count). The smallest absolute Gasteiger partial charge is 0.351 e. The fourth-order valence-corrected chi connectivity index (χ4v) is 2.91. The predicted octanol–water partition coefficient (Wildman–Crippen LogP) is 3.65. The molecule has 5 heteroatoms. The maximum Gasteiger partial charge on any atom is 0.431 e. The van der Waals surface area contributed by atoms with Crippen LogP contribution in [0, 0.1) is 0 Å². The number of aromatic nitrogens is 1. The molecule has 0 bridgehead atoms. The van der Waals surface area contributed by atoms with E-state index in [1.54, 1.807) is 24.3 Å². The summed E-state index contributed by atoms with van der Waals surface area (Å²) in [6.07, 6.45) is -2.61. The second-order valence-corrected chi connectivity index (χ2v) is 5.00. The molecule has 1 aromatic heterocycles. The van der Waals surface area contributed by atoms with E-state index in [1.807, 2.05) is 0 Å². The zero-order chi connectivity index (χ0) is 13.5. The van der Waals surface area contributed by atoms with E-state index in [2.05, 4.69) is 10.3 Å². The van der Waals surface area contributed by atoms with Gasteiger partial charge in [-0.05, 0) is 36.9 Å². The second kappa shape index (κ2) is 4.56. The number of rotatable bonds is 1. The monoisotopic (exact) mass is 268 g/mol. The van der Waals surface area contributed by atoms with E-state index in [1.165, 1.54) is 0 Å². The summed E-state index contributed by atoms with van der Waals surface area (Å²) in [6, 6.07) is 7.01. The zero-order valence-corrected chi connectivity index (χ0v) is 10.3. The lowest BCUT2D eigenvalue weighted by molar-refractivity contribution is -0.141. The Bertz CT molecular complexity index is 580. The molecular formula is C14H15F3N2. The topological polar surface area (TPSA) is 27.8 Å². The van der Waals surface area contributed by atoms with Crippen molar-refractivity contribution in [3.05, 3.63) is 35.5 Å². The van der Waals surface area contributed by atoms with Crippen molar-refractivity contribution in [3.63, 3.8) is 0 Å². The molecule has 0 spiro atoms. The SMILES string of the molecule is FC(F)(F)c1[nH]c2ccccc2c1C1CCCNC1. The van der Waals surface area contributed by atoms with Gasteiger partial charge in [-0.3, -0.25) is 0 Å². The Morgan fingerprint density at radius 3 is 2.63 bits per heavy atom. The molecule has 1 aliphatic heterocycles. The fraction of sp³-hybridized carbons (Fsp3) is 0.429. The number of alkyl halides is 3. The molecule has 1 aliphatic rings. The number of piperidine rings is 1. The number of hydrogen-bond acceptors (Lipinski definition) is 1. The van der Waals surface area contributed by atoms with E-state index in [-0.39, 0.29) is 5.92 Å². The van der Waals surface area contributed by atoms with Crippen molar-refractivity contribution in [2.24, 2.45) is 0 Å². The molecule has 1 atom stereocenters. The van der Waals surface area contributed by atoms with Crippen LogP contribution in [0.5, 0.6) is 0 Å². The number of benzene rings is 1. The molecule has 1 saturated heterocycles. The fourth-order valence-electron chi connectivity index (χ4n) is 2.91. The van der Waals surface area contributed by atoms with E-state index in [4.69, 9.17) is 0 Å². The van der Waals surface area contributed by atoms with Gasteiger partial charge in [0, 0.05) is 17.4 Å². The average molecular weight is 268 g/mol. The van der Waals surface area contributed by atoms with Gasteiger partial charge in [0.15, 0.2) is 0 Å². The van der Waals surface area contributed by atoms with Gasteiger partial charge in [-0.15, -0.1) is 0 Å². The molecule has 0 amide bonds. The van der Waals surface area contributed by atoms with Crippen molar-refractivity contribution in [1.82, 2.24) is 10.3 Å². The highest BCUT2D eigenvalue weighted by Gasteiger charge is 2.38. The maximum absolute atomic E-state index is 13.2. The van der Waals surface area contributed by atoms with Gasteiger partial charge in [0.1, 0.15) is 5.69 Å². The first-order valence-corrected chi connectivity index (χ1v) is 6.46. The molecule has 19 heavy (non-hydrogen) atoms. The van der Waals surface area contributed by atoms with Crippen LogP contribution in [-0.2, 0) is 6.18 Å². The molecule has 0 radical (unpaired) electrons. The second-order valence-electron chi connectivity index (χ2n) is 5.00. The summed E-state index contributed by atoms with van der Waals surface area (Å²) in [7, 11) is 0. The van der Waals surface area contributed by atoms with Gasteiger partial charge < -0.3 is 10.3 Å². The molecule has 1 unspecified atom stereocenters. The van der Waals surface area contributed by atoms with Gasteiger partial charge in [0.25, 0.3) is 0 Å². The van der Waals surface area contributed by atoms with Crippen LogP contribution in [0.3, 0.4) is 0 Å². The summed E-state index contributed by atoms with van der Waals surface area (Å²) < 4.78 is 39.6. The lowest BCUT2D eigenvalue weighted by atomic mass is 9.89. The van der Waals surface area contributed by atoms with E-state index >= 15 is 0 Å². The highest BCUT2D eigenvalue weighted by atomic mass is 19.4. The van der Waals surface area contributed by atoms with Crippen LogP contribution in [0.25, 0.3) is 10.9 Å². The molecule has 2 nitrogen and oxygen atoms in total. The summed E-state index contributed by atoms with van der Waals surface area (Å²) in [4.78, 5) is 2.55. The number of nitrogens with one attached hydrogen (secondary N) is 2. The number of hydrogen-bond donors (Lipinski definition) is 2. The van der Waals surface area contributed by atoms with Gasteiger partial charge in [0.05, 0.1) is 0 Å². The van der Waals surface area contributed by atoms with Gasteiger partial charge in [-0.1, -0.05) is 18.2 Å². The third-order valence-electron chi connectivity index (χ3n) is 3.73. The lowest BCUT2D eigenvalue weighted by Gasteiger charge is -2.24. The summed E-state index contributed by atoms with van der Waals surface area (Å²) in [5.74, 6) is -0.0680. The van der Waals surface area contributed by atoms with E-state index in [0.717, 1.165) is 19.4 Å². The molecule has 2 heterocycles. The minimum atomic E-state index is -4.33. The Labute approximate surface area is 109 Å².